The smallest absolute Gasteiger partial charge is 0.159 e. The van der Waals surface area contributed by atoms with E-state index in [1.54, 1.807) is 0 Å². The van der Waals surface area contributed by atoms with Gasteiger partial charge in [0.05, 0.1) is 30.8 Å². The molecule has 5 nitrogen and oxygen atoms in total. The normalized spacial score (nSPS) is 18.4. The van der Waals surface area contributed by atoms with Crippen LogP contribution in [0.25, 0.3) is 5.82 Å². The molecule has 0 bridgehead atoms. The van der Waals surface area contributed by atoms with Gasteiger partial charge in [-0.15, -0.1) is 0 Å². The highest BCUT2D eigenvalue weighted by atomic mass is 16.5. The number of ether oxygens (including phenoxy) is 1. The third-order valence-corrected chi connectivity index (χ3v) is 3.81. The van der Waals surface area contributed by atoms with Crippen LogP contribution in [0.1, 0.15) is 29.5 Å². The van der Waals surface area contributed by atoms with Gasteiger partial charge in [0.1, 0.15) is 0 Å². The molecule has 1 atom stereocenters. The monoisotopic (exact) mass is 270 g/mol. The Morgan fingerprint density at radius 1 is 1.40 bits per heavy atom. The van der Waals surface area contributed by atoms with Crippen molar-refractivity contribution in [2.24, 2.45) is 0 Å². The average Bonchev–Trinajstić information content (AvgIpc) is 3.11. The van der Waals surface area contributed by atoms with Gasteiger partial charge in [-0.1, -0.05) is 0 Å². The van der Waals surface area contributed by atoms with Gasteiger partial charge in [-0.3, -0.25) is 4.68 Å². The second-order valence-corrected chi connectivity index (χ2v) is 5.24. The molecule has 20 heavy (non-hydrogen) atoms. The van der Waals surface area contributed by atoms with Gasteiger partial charge in [0.2, 0.25) is 0 Å². The van der Waals surface area contributed by atoms with Crippen LogP contribution in [0.15, 0.2) is 18.2 Å². The number of aryl methyl sites for hydroxylation is 2. The molecule has 0 radical (unpaired) electrons. The van der Waals surface area contributed by atoms with Crippen molar-refractivity contribution < 1.29 is 4.74 Å². The SMILES string of the molecule is Cc1ccc(C)n1-c1cc(CC#N)n([C@H]2CCOC2)n1. The van der Waals surface area contributed by atoms with Crippen LogP contribution in [0.5, 0.6) is 0 Å². The molecule has 3 heterocycles. The van der Waals surface area contributed by atoms with E-state index in [0.29, 0.717) is 13.0 Å². The van der Waals surface area contributed by atoms with Crippen LogP contribution in [0.2, 0.25) is 0 Å². The third-order valence-electron chi connectivity index (χ3n) is 3.81. The molecular weight excluding hydrogens is 252 g/mol. The van der Waals surface area contributed by atoms with Crippen molar-refractivity contribution >= 4 is 0 Å². The highest BCUT2D eigenvalue weighted by molar-refractivity contribution is 5.33. The van der Waals surface area contributed by atoms with Crippen molar-refractivity contribution in [3.8, 4) is 11.9 Å². The van der Waals surface area contributed by atoms with E-state index in [1.165, 1.54) is 0 Å². The topological polar surface area (TPSA) is 55.8 Å². The van der Waals surface area contributed by atoms with Gasteiger partial charge in [0.15, 0.2) is 5.82 Å². The molecule has 0 amide bonds. The van der Waals surface area contributed by atoms with Gasteiger partial charge in [0, 0.05) is 24.1 Å². The fourth-order valence-electron chi connectivity index (χ4n) is 2.80. The van der Waals surface area contributed by atoms with Gasteiger partial charge in [-0.05, 0) is 32.4 Å². The Balaban J connectivity index is 2.05. The van der Waals surface area contributed by atoms with Crippen LogP contribution in [0, 0.1) is 25.2 Å². The molecule has 1 aliphatic rings. The number of nitriles is 1. The first-order valence-corrected chi connectivity index (χ1v) is 6.89. The number of aromatic nitrogens is 3. The second-order valence-electron chi connectivity index (χ2n) is 5.24. The summed E-state index contributed by atoms with van der Waals surface area (Å²) in [6.07, 6.45) is 1.34. The standard InChI is InChI=1S/C15H18N4O/c1-11-3-4-12(2)18(11)15-9-13(5-7-16)19(17-15)14-6-8-20-10-14/h3-4,9,14H,5-6,8,10H2,1-2H3/t14-/m0/s1. The predicted molar refractivity (Wildman–Crippen MR) is 74.8 cm³/mol. The summed E-state index contributed by atoms with van der Waals surface area (Å²) in [5.74, 6) is 0.891. The third kappa shape index (κ3) is 2.12. The van der Waals surface area contributed by atoms with Crippen molar-refractivity contribution in [3.05, 3.63) is 35.3 Å². The summed E-state index contributed by atoms with van der Waals surface area (Å²) in [5.41, 5.74) is 3.27. The van der Waals surface area contributed by atoms with Gasteiger partial charge < -0.3 is 9.30 Å². The molecule has 0 saturated carbocycles. The number of rotatable bonds is 3. The summed E-state index contributed by atoms with van der Waals surface area (Å²) in [6.45, 7) is 5.58. The molecule has 5 heteroatoms. The summed E-state index contributed by atoms with van der Waals surface area (Å²) in [5, 5.41) is 13.7. The first-order chi connectivity index (χ1) is 9.70. The van der Waals surface area contributed by atoms with E-state index < -0.39 is 0 Å². The van der Waals surface area contributed by atoms with E-state index >= 15 is 0 Å². The van der Waals surface area contributed by atoms with Crippen LogP contribution in [-0.4, -0.2) is 27.6 Å². The maximum absolute atomic E-state index is 9.01. The number of hydrogen-bond acceptors (Lipinski definition) is 3. The first-order valence-electron chi connectivity index (χ1n) is 6.89. The van der Waals surface area contributed by atoms with Crippen LogP contribution in [0.4, 0.5) is 0 Å². The van der Waals surface area contributed by atoms with Crippen molar-refractivity contribution in [1.82, 2.24) is 14.3 Å². The average molecular weight is 270 g/mol. The Kier molecular flexibility index (Phi) is 3.33. The zero-order valence-electron chi connectivity index (χ0n) is 11.8. The van der Waals surface area contributed by atoms with E-state index in [0.717, 1.165) is 35.9 Å². The Hall–Kier alpha value is -2.06. The molecule has 1 fully saturated rings. The molecule has 0 unspecified atom stereocenters. The molecule has 0 aliphatic carbocycles. The van der Waals surface area contributed by atoms with Gasteiger partial charge in [-0.2, -0.15) is 10.4 Å². The van der Waals surface area contributed by atoms with Crippen molar-refractivity contribution in [1.29, 1.82) is 5.26 Å². The van der Waals surface area contributed by atoms with Crippen LogP contribution >= 0.6 is 0 Å². The largest absolute Gasteiger partial charge is 0.379 e. The highest BCUT2D eigenvalue weighted by Crippen LogP contribution is 2.24. The lowest BCUT2D eigenvalue weighted by Crippen LogP contribution is -2.14. The van der Waals surface area contributed by atoms with E-state index in [2.05, 4.69) is 36.6 Å². The van der Waals surface area contributed by atoms with Gasteiger partial charge in [0.25, 0.3) is 0 Å². The van der Waals surface area contributed by atoms with Crippen LogP contribution in [0.3, 0.4) is 0 Å². The maximum atomic E-state index is 9.01. The molecule has 1 aliphatic heterocycles. The molecule has 2 aromatic rings. The predicted octanol–water partition coefficient (Wildman–Crippen LogP) is 2.32. The van der Waals surface area contributed by atoms with Gasteiger partial charge in [-0.25, -0.2) is 0 Å². The summed E-state index contributed by atoms with van der Waals surface area (Å²) in [4.78, 5) is 0. The molecule has 3 rings (SSSR count). The zero-order chi connectivity index (χ0) is 14.1. The van der Waals surface area contributed by atoms with E-state index in [-0.39, 0.29) is 6.04 Å². The molecule has 0 N–H and O–H groups in total. The van der Waals surface area contributed by atoms with E-state index in [1.807, 2.05) is 10.7 Å². The fourth-order valence-corrected chi connectivity index (χ4v) is 2.80. The van der Waals surface area contributed by atoms with Gasteiger partial charge >= 0.3 is 0 Å². The lowest BCUT2D eigenvalue weighted by molar-refractivity contribution is 0.184. The quantitative estimate of drug-likeness (QED) is 0.860. The molecular formula is C15H18N4O. The summed E-state index contributed by atoms with van der Waals surface area (Å²) in [6, 6.07) is 8.65. The molecule has 1 saturated heterocycles. The minimum Gasteiger partial charge on any atom is -0.379 e. The molecule has 2 aromatic heterocycles. The Bertz CT molecular complexity index is 636. The van der Waals surface area contributed by atoms with Crippen LogP contribution in [-0.2, 0) is 11.2 Å². The minimum absolute atomic E-state index is 0.253. The second kappa shape index (κ2) is 5.14. The maximum Gasteiger partial charge on any atom is 0.159 e. The van der Waals surface area contributed by atoms with E-state index in [9.17, 15) is 0 Å². The summed E-state index contributed by atoms with van der Waals surface area (Å²) < 4.78 is 9.54. The van der Waals surface area contributed by atoms with Crippen molar-refractivity contribution in [2.75, 3.05) is 13.2 Å². The molecule has 0 aromatic carbocycles. The fraction of sp³-hybridized carbons (Fsp3) is 0.467. The lowest BCUT2D eigenvalue weighted by Gasteiger charge is -2.11. The van der Waals surface area contributed by atoms with Crippen molar-refractivity contribution in [2.45, 2.75) is 32.7 Å². The number of hydrogen-bond donors (Lipinski definition) is 0. The lowest BCUT2D eigenvalue weighted by atomic mass is 10.2. The summed E-state index contributed by atoms with van der Waals surface area (Å²) >= 11 is 0. The first kappa shape index (κ1) is 12.9. The highest BCUT2D eigenvalue weighted by Gasteiger charge is 2.22. The summed E-state index contributed by atoms with van der Waals surface area (Å²) in [7, 11) is 0. The zero-order valence-corrected chi connectivity index (χ0v) is 11.8. The Morgan fingerprint density at radius 2 is 2.15 bits per heavy atom. The number of nitrogens with zero attached hydrogens (tertiary/aromatic N) is 4. The Morgan fingerprint density at radius 3 is 2.75 bits per heavy atom. The molecule has 104 valence electrons. The van der Waals surface area contributed by atoms with E-state index in [4.69, 9.17) is 15.1 Å². The minimum atomic E-state index is 0.253. The van der Waals surface area contributed by atoms with Crippen molar-refractivity contribution in [3.63, 3.8) is 0 Å². The molecule has 0 spiro atoms. The Labute approximate surface area is 118 Å². The van der Waals surface area contributed by atoms with Crippen LogP contribution < -0.4 is 0 Å².